The second-order valence-electron chi connectivity index (χ2n) is 7.04. The van der Waals surface area contributed by atoms with Gasteiger partial charge >= 0.3 is 12.3 Å². The van der Waals surface area contributed by atoms with E-state index in [1.165, 1.54) is 29.2 Å². The number of carbonyl (C=O) groups excluding carboxylic acids is 1. The summed E-state index contributed by atoms with van der Waals surface area (Å²) < 4.78 is 60.8. The third-order valence-corrected chi connectivity index (χ3v) is 3.61. The molecule has 0 N–H and O–H groups in total. The number of alkyl halides is 3. The zero-order chi connectivity index (χ0) is 18.8. The number of rotatable bonds is 4. The van der Waals surface area contributed by atoms with Crippen molar-refractivity contribution in [2.75, 3.05) is 19.7 Å². The summed E-state index contributed by atoms with van der Waals surface area (Å²) >= 11 is 0. The fourth-order valence-electron chi connectivity index (χ4n) is 2.52. The Hall–Kier alpha value is -1.83. The minimum Gasteiger partial charge on any atom is -0.444 e. The van der Waals surface area contributed by atoms with Gasteiger partial charge in [-0.15, -0.1) is 0 Å². The minimum absolute atomic E-state index is 0.217. The third-order valence-electron chi connectivity index (χ3n) is 3.61. The van der Waals surface area contributed by atoms with Crippen molar-refractivity contribution in [3.8, 4) is 0 Å². The van der Waals surface area contributed by atoms with Crippen LogP contribution in [0, 0.1) is 11.7 Å². The van der Waals surface area contributed by atoms with Crippen LogP contribution in [0.3, 0.4) is 0 Å². The monoisotopic (exact) mass is 363 g/mol. The number of ether oxygens (including phenoxy) is 2. The largest absolute Gasteiger partial charge is 0.444 e. The Bertz CT molecular complexity index is 589. The van der Waals surface area contributed by atoms with Crippen molar-refractivity contribution in [2.45, 2.75) is 38.7 Å². The first-order chi connectivity index (χ1) is 11.4. The Morgan fingerprint density at radius 3 is 2.24 bits per heavy atom. The van der Waals surface area contributed by atoms with Gasteiger partial charge in [0.15, 0.2) is 0 Å². The van der Waals surface area contributed by atoms with Crippen molar-refractivity contribution in [3.63, 3.8) is 0 Å². The first-order valence-electron chi connectivity index (χ1n) is 7.86. The van der Waals surface area contributed by atoms with Gasteiger partial charge in [-0.25, -0.2) is 9.18 Å². The number of amides is 1. The number of nitrogens with zero attached hydrogens (tertiary/aromatic N) is 1. The highest BCUT2D eigenvalue weighted by atomic mass is 19.4. The minimum atomic E-state index is -4.47. The Morgan fingerprint density at radius 1 is 1.20 bits per heavy atom. The zero-order valence-corrected chi connectivity index (χ0v) is 14.3. The maximum Gasteiger partial charge on any atom is 0.411 e. The molecule has 0 saturated carbocycles. The lowest BCUT2D eigenvalue weighted by Crippen LogP contribution is -2.54. The number of halogens is 4. The van der Waals surface area contributed by atoms with Gasteiger partial charge in [0.2, 0.25) is 0 Å². The van der Waals surface area contributed by atoms with Gasteiger partial charge in [0.25, 0.3) is 0 Å². The van der Waals surface area contributed by atoms with E-state index >= 15 is 0 Å². The summed E-state index contributed by atoms with van der Waals surface area (Å²) in [5.41, 5.74) is -0.204. The summed E-state index contributed by atoms with van der Waals surface area (Å²) in [6.45, 7) is 4.23. The first kappa shape index (κ1) is 19.5. The van der Waals surface area contributed by atoms with E-state index in [4.69, 9.17) is 9.47 Å². The smallest absolute Gasteiger partial charge is 0.411 e. The van der Waals surface area contributed by atoms with Crippen molar-refractivity contribution in [1.29, 1.82) is 0 Å². The Morgan fingerprint density at radius 2 is 1.76 bits per heavy atom. The van der Waals surface area contributed by atoms with Crippen LogP contribution < -0.4 is 0 Å². The van der Waals surface area contributed by atoms with Gasteiger partial charge in [-0.3, -0.25) is 0 Å². The van der Waals surface area contributed by atoms with Crippen LogP contribution in [0.25, 0.3) is 0 Å². The van der Waals surface area contributed by atoms with Crippen molar-refractivity contribution < 1.29 is 31.8 Å². The first-order valence-corrected chi connectivity index (χ1v) is 7.86. The van der Waals surface area contributed by atoms with Crippen LogP contribution >= 0.6 is 0 Å². The lowest BCUT2D eigenvalue weighted by Gasteiger charge is -2.43. The molecule has 1 unspecified atom stereocenters. The fourth-order valence-corrected chi connectivity index (χ4v) is 2.52. The Kier molecular flexibility index (Phi) is 5.61. The van der Waals surface area contributed by atoms with Crippen molar-refractivity contribution in [3.05, 3.63) is 35.6 Å². The lowest BCUT2D eigenvalue weighted by atomic mass is 9.89. The zero-order valence-electron chi connectivity index (χ0n) is 14.3. The average molecular weight is 363 g/mol. The quantitative estimate of drug-likeness (QED) is 0.748. The maximum absolute atomic E-state index is 13.1. The molecular weight excluding hydrogens is 342 g/mol. The fraction of sp³-hybridized carbons (Fsp3) is 0.588. The Balaban J connectivity index is 2.02. The summed E-state index contributed by atoms with van der Waals surface area (Å²) in [6.07, 6.45) is -5.86. The molecule has 1 saturated heterocycles. The van der Waals surface area contributed by atoms with E-state index in [0.29, 0.717) is 5.56 Å². The molecule has 140 valence electrons. The number of hydrogen-bond acceptors (Lipinski definition) is 3. The van der Waals surface area contributed by atoms with Gasteiger partial charge in [0.05, 0.1) is 6.10 Å². The number of hydrogen-bond donors (Lipinski definition) is 0. The lowest BCUT2D eigenvalue weighted by molar-refractivity contribution is -0.197. The standard InChI is InChI=1S/C17H21F4NO3/c1-16(2,3)25-15(23)22-8-12(9-22)14(24-10-17(19,20)21)11-4-6-13(18)7-5-11/h4-7,12,14H,8-10H2,1-3H3. The van der Waals surface area contributed by atoms with E-state index in [2.05, 4.69) is 0 Å². The topological polar surface area (TPSA) is 38.8 Å². The van der Waals surface area contributed by atoms with E-state index < -0.39 is 36.4 Å². The molecule has 1 aliphatic heterocycles. The predicted octanol–water partition coefficient (Wildman–Crippen LogP) is 4.31. The van der Waals surface area contributed by atoms with E-state index in [-0.39, 0.29) is 19.0 Å². The molecule has 0 spiro atoms. The molecule has 0 aliphatic carbocycles. The molecule has 1 heterocycles. The van der Waals surface area contributed by atoms with Gasteiger partial charge in [0, 0.05) is 19.0 Å². The summed E-state index contributed by atoms with van der Waals surface area (Å²) in [4.78, 5) is 13.3. The molecule has 25 heavy (non-hydrogen) atoms. The number of likely N-dealkylation sites (tertiary alicyclic amines) is 1. The normalized spacial score (nSPS) is 17.2. The molecule has 2 rings (SSSR count). The second-order valence-corrected chi connectivity index (χ2v) is 7.04. The molecule has 1 aromatic rings. The average Bonchev–Trinajstić information content (AvgIpc) is 2.39. The molecule has 1 aromatic carbocycles. The SMILES string of the molecule is CC(C)(C)OC(=O)N1CC(C(OCC(F)(F)F)c2ccc(F)cc2)C1. The molecule has 1 aliphatic rings. The van der Waals surface area contributed by atoms with Crippen LogP contribution in [0.2, 0.25) is 0 Å². The highest BCUT2D eigenvalue weighted by molar-refractivity contribution is 5.69. The second kappa shape index (κ2) is 7.19. The third kappa shape index (κ3) is 5.88. The molecule has 1 fully saturated rings. The maximum atomic E-state index is 13.1. The predicted molar refractivity (Wildman–Crippen MR) is 82.4 cm³/mol. The number of benzene rings is 1. The summed E-state index contributed by atoms with van der Waals surface area (Å²) in [5.74, 6) is -0.803. The van der Waals surface area contributed by atoms with Crippen LogP contribution in [0.15, 0.2) is 24.3 Å². The molecule has 0 aromatic heterocycles. The van der Waals surface area contributed by atoms with Crippen molar-refractivity contribution in [2.24, 2.45) is 5.92 Å². The Labute approximate surface area is 143 Å². The summed E-state index contributed by atoms with van der Waals surface area (Å²) in [6, 6.07) is 5.13. The molecular formula is C17H21F4NO3. The van der Waals surface area contributed by atoms with E-state index in [9.17, 15) is 22.4 Å². The van der Waals surface area contributed by atoms with Crippen molar-refractivity contribution in [1.82, 2.24) is 4.90 Å². The summed E-state index contributed by atoms with van der Waals surface area (Å²) in [7, 11) is 0. The molecule has 1 amide bonds. The number of carbonyl (C=O) groups is 1. The molecule has 1 atom stereocenters. The summed E-state index contributed by atoms with van der Waals surface area (Å²) in [5, 5.41) is 0. The van der Waals surface area contributed by atoms with Gasteiger partial charge in [-0.2, -0.15) is 13.2 Å². The van der Waals surface area contributed by atoms with E-state index in [1.807, 2.05) is 0 Å². The van der Waals surface area contributed by atoms with E-state index in [1.54, 1.807) is 20.8 Å². The van der Waals surface area contributed by atoms with Crippen LogP contribution in [0.4, 0.5) is 22.4 Å². The van der Waals surface area contributed by atoms with Gasteiger partial charge in [-0.05, 0) is 38.5 Å². The van der Waals surface area contributed by atoms with Crippen LogP contribution in [0.1, 0.15) is 32.4 Å². The molecule has 8 heteroatoms. The van der Waals surface area contributed by atoms with Crippen molar-refractivity contribution >= 4 is 6.09 Å². The molecule has 4 nitrogen and oxygen atoms in total. The van der Waals surface area contributed by atoms with Crippen LogP contribution in [-0.2, 0) is 9.47 Å². The van der Waals surface area contributed by atoms with Crippen LogP contribution in [0.5, 0.6) is 0 Å². The molecule has 0 bridgehead atoms. The van der Waals surface area contributed by atoms with Gasteiger partial charge in [-0.1, -0.05) is 12.1 Å². The van der Waals surface area contributed by atoms with E-state index in [0.717, 1.165) is 0 Å². The van der Waals surface area contributed by atoms with Crippen LogP contribution in [-0.4, -0.2) is 42.5 Å². The molecule has 0 radical (unpaired) electrons. The highest BCUT2D eigenvalue weighted by Crippen LogP contribution is 2.35. The van der Waals surface area contributed by atoms with Gasteiger partial charge < -0.3 is 14.4 Å². The van der Waals surface area contributed by atoms with Gasteiger partial charge in [0.1, 0.15) is 18.0 Å². The highest BCUT2D eigenvalue weighted by Gasteiger charge is 2.41.